The molecule has 0 aromatic carbocycles. The van der Waals surface area contributed by atoms with Crippen molar-refractivity contribution in [3.63, 3.8) is 0 Å². The molecule has 190 valence electrons. The molecule has 1 rings (SSSR count). The molecular formula is C24H39BrO8. The van der Waals surface area contributed by atoms with Crippen molar-refractivity contribution >= 4 is 21.9 Å². The normalized spacial score (nSPS) is 26.1. The lowest BCUT2D eigenvalue weighted by Crippen LogP contribution is -2.52. The molecule has 1 heterocycles. The second kappa shape index (κ2) is 16.5. The zero-order valence-electron chi connectivity index (χ0n) is 20.6. The van der Waals surface area contributed by atoms with Crippen LogP contribution in [0, 0.1) is 0 Å². The molecule has 1 aliphatic heterocycles. The summed E-state index contributed by atoms with van der Waals surface area (Å²) in [5, 5.41) is 0. The number of ether oxygens (including phenoxy) is 7. The molecule has 33 heavy (non-hydrogen) atoms. The molecule has 0 spiro atoms. The third-order valence-corrected chi connectivity index (χ3v) is 5.70. The number of allylic oxidation sites excluding steroid dienone is 2. The number of methoxy groups -OCH3 is 4. The van der Waals surface area contributed by atoms with Crippen LogP contribution >= 0.6 is 15.9 Å². The summed E-state index contributed by atoms with van der Waals surface area (Å²) in [6, 6.07) is 0. The second-order valence-electron chi connectivity index (χ2n) is 7.73. The highest BCUT2D eigenvalue weighted by Gasteiger charge is 2.46. The summed E-state index contributed by atoms with van der Waals surface area (Å²) in [6.07, 6.45) is 8.52. The Bertz CT molecular complexity index is 650. The molecule has 0 aromatic heterocycles. The quantitative estimate of drug-likeness (QED) is 0.175. The van der Waals surface area contributed by atoms with Gasteiger partial charge in [0, 0.05) is 41.3 Å². The molecule has 5 atom stereocenters. The first-order valence-electron chi connectivity index (χ1n) is 11.0. The van der Waals surface area contributed by atoms with Crippen LogP contribution in [0.25, 0.3) is 0 Å². The van der Waals surface area contributed by atoms with E-state index < -0.39 is 18.0 Å². The van der Waals surface area contributed by atoms with E-state index in [1.165, 1.54) is 7.11 Å². The van der Waals surface area contributed by atoms with E-state index in [0.29, 0.717) is 12.8 Å². The summed E-state index contributed by atoms with van der Waals surface area (Å²) >= 11 is 3.27. The Morgan fingerprint density at radius 2 is 2.03 bits per heavy atom. The molecule has 1 aliphatic rings. The van der Waals surface area contributed by atoms with Crippen LogP contribution in [0.3, 0.4) is 0 Å². The summed E-state index contributed by atoms with van der Waals surface area (Å²) in [6.45, 7) is 4.12. The van der Waals surface area contributed by atoms with E-state index in [9.17, 15) is 4.79 Å². The zero-order chi connectivity index (χ0) is 24.7. The predicted octanol–water partition coefficient (Wildman–Crippen LogP) is 4.28. The number of carbonyl (C=O) groups is 1. The van der Waals surface area contributed by atoms with Crippen molar-refractivity contribution in [2.75, 3.05) is 41.8 Å². The van der Waals surface area contributed by atoms with Gasteiger partial charge in [-0.2, -0.15) is 0 Å². The van der Waals surface area contributed by atoms with Crippen molar-refractivity contribution in [1.29, 1.82) is 0 Å². The Balaban J connectivity index is 3.11. The van der Waals surface area contributed by atoms with Gasteiger partial charge in [-0.3, -0.25) is 4.79 Å². The lowest BCUT2D eigenvalue weighted by Gasteiger charge is -2.44. The number of rotatable bonds is 15. The fourth-order valence-electron chi connectivity index (χ4n) is 3.61. The number of carbonyl (C=O) groups excluding carboxylic acids is 1. The Labute approximate surface area is 206 Å². The van der Waals surface area contributed by atoms with Gasteiger partial charge in [-0.1, -0.05) is 45.8 Å². The SMILES string of the molecule is CCOC(=O)C[C@]1(OC)C[C@H](OC)C[C@H]([C@@H](/C=C(C)/C=C/[C@@H](C/C=C/Br)OC)OCOC)O1. The highest BCUT2D eigenvalue weighted by atomic mass is 79.9. The maximum absolute atomic E-state index is 12.2. The number of hydrogen-bond acceptors (Lipinski definition) is 8. The van der Waals surface area contributed by atoms with Crippen LogP contribution in [-0.4, -0.2) is 78.0 Å². The van der Waals surface area contributed by atoms with Crippen molar-refractivity contribution in [1.82, 2.24) is 0 Å². The summed E-state index contributed by atoms with van der Waals surface area (Å²) in [5.74, 6) is -1.55. The molecule has 0 aromatic rings. The summed E-state index contributed by atoms with van der Waals surface area (Å²) in [4.78, 5) is 14.0. The van der Waals surface area contributed by atoms with Gasteiger partial charge in [-0.05, 0) is 25.3 Å². The molecule has 0 amide bonds. The minimum absolute atomic E-state index is 0.0378. The highest BCUT2D eigenvalue weighted by molar-refractivity contribution is 9.11. The van der Waals surface area contributed by atoms with Crippen LogP contribution in [0.15, 0.2) is 34.9 Å². The zero-order valence-corrected chi connectivity index (χ0v) is 22.2. The van der Waals surface area contributed by atoms with Gasteiger partial charge in [-0.15, -0.1) is 0 Å². The summed E-state index contributed by atoms with van der Waals surface area (Å²) < 4.78 is 39.4. The third-order valence-electron chi connectivity index (χ3n) is 5.33. The minimum atomic E-state index is -1.16. The van der Waals surface area contributed by atoms with Crippen LogP contribution in [-0.2, 0) is 38.0 Å². The number of halogens is 1. The fourth-order valence-corrected chi connectivity index (χ4v) is 3.83. The van der Waals surface area contributed by atoms with E-state index in [-0.39, 0.29) is 38.0 Å². The van der Waals surface area contributed by atoms with Crippen LogP contribution in [0.2, 0.25) is 0 Å². The largest absolute Gasteiger partial charge is 0.466 e. The topological polar surface area (TPSA) is 81.7 Å². The predicted molar refractivity (Wildman–Crippen MR) is 129 cm³/mol. The van der Waals surface area contributed by atoms with Crippen molar-refractivity contribution < 1.29 is 38.0 Å². The standard InChI is InChI=1S/C24H39BrO8/c1-7-31-23(26)16-24(30-6)15-20(29-5)14-22(33-24)21(32-17-27-3)13-18(2)10-11-19(28-4)9-8-12-25/h8,10-13,19-22H,7,9,14-17H2,1-6H3/b11-10+,12-8+,18-13+/t19-,20-,21-,22-,24+/m1/s1. The fraction of sp³-hybridized carbons (Fsp3) is 0.708. The van der Waals surface area contributed by atoms with E-state index >= 15 is 0 Å². The maximum atomic E-state index is 12.2. The Morgan fingerprint density at radius 3 is 2.61 bits per heavy atom. The lowest BCUT2D eigenvalue weighted by atomic mass is 9.92. The molecule has 1 fully saturated rings. The molecule has 9 heteroatoms. The second-order valence-corrected chi connectivity index (χ2v) is 8.26. The van der Waals surface area contributed by atoms with Gasteiger partial charge >= 0.3 is 5.97 Å². The van der Waals surface area contributed by atoms with Crippen LogP contribution < -0.4 is 0 Å². The molecule has 0 N–H and O–H groups in total. The smallest absolute Gasteiger partial charge is 0.311 e. The van der Waals surface area contributed by atoms with Crippen molar-refractivity contribution in [3.05, 3.63) is 34.9 Å². The van der Waals surface area contributed by atoms with E-state index in [4.69, 9.17) is 33.2 Å². The van der Waals surface area contributed by atoms with Gasteiger partial charge in [-0.25, -0.2) is 0 Å². The minimum Gasteiger partial charge on any atom is -0.466 e. The average molecular weight is 535 g/mol. The summed E-state index contributed by atoms with van der Waals surface area (Å²) in [7, 11) is 6.40. The van der Waals surface area contributed by atoms with Crippen molar-refractivity contribution in [3.8, 4) is 0 Å². The van der Waals surface area contributed by atoms with E-state index in [1.807, 2.05) is 36.2 Å². The summed E-state index contributed by atoms with van der Waals surface area (Å²) in [5.41, 5.74) is 0.970. The molecule has 0 unspecified atom stereocenters. The first-order chi connectivity index (χ1) is 15.9. The van der Waals surface area contributed by atoms with Gasteiger partial charge in [0.05, 0.1) is 31.3 Å². The molecule has 0 saturated carbocycles. The molecule has 8 nitrogen and oxygen atoms in total. The van der Waals surface area contributed by atoms with Gasteiger partial charge in [0.15, 0.2) is 5.79 Å². The van der Waals surface area contributed by atoms with Gasteiger partial charge in [0.1, 0.15) is 12.9 Å². The molecule has 1 saturated heterocycles. The third kappa shape index (κ3) is 10.8. The number of hydrogen-bond donors (Lipinski definition) is 0. The van der Waals surface area contributed by atoms with Crippen LogP contribution in [0.1, 0.15) is 39.5 Å². The molecule has 0 aliphatic carbocycles. The van der Waals surface area contributed by atoms with Crippen molar-refractivity contribution in [2.24, 2.45) is 0 Å². The van der Waals surface area contributed by atoms with Crippen LogP contribution in [0.4, 0.5) is 0 Å². The monoisotopic (exact) mass is 534 g/mol. The molecule has 0 bridgehead atoms. The van der Waals surface area contributed by atoms with E-state index in [2.05, 4.69) is 15.9 Å². The van der Waals surface area contributed by atoms with Crippen LogP contribution in [0.5, 0.6) is 0 Å². The van der Waals surface area contributed by atoms with Gasteiger partial charge in [0.2, 0.25) is 0 Å². The van der Waals surface area contributed by atoms with E-state index in [0.717, 1.165) is 12.0 Å². The number of esters is 1. The Hall–Kier alpha value is -1.07. The Morgan fingerprint density at radius 1 is 1.27 bits per heavy atom. The maximum Gasteiger partial charge on any atom is 0.311 e. The molecular weight excluding hydrogens is 496 g/mol. The van der Waals surface area contributed by atoms with E-state index in [1.54, 1.807) is 28.3 Å². The van der Waals surface area contributed by atoms with Gasteiger partial charge < -0.3 is 33.2 Å². The first kappa shape index (κ1) is 30.0. The highest BCUT2D eigenvalue weighted by Crippen LogP contribution is 2.36. The Kier molecular flexibility index (Phi) is 15.0. The average Bonchev–Trinajstić information content (AvgIpc) is 2.81. The van der Waals surface area contributed by atoms with Crippen molar-refractivity contribution in [2.45, 2.75) is 69.7 Å². The van der Waals surface area contributed by atoms with Gasteiger partial charge in [0.25, 0.3) is 0 Å². The molecule has 0 radical (unpaired) electrons. The lowest BCUT2D eigenvalue weighted by molar-refractivity contribution is -0.303. The first-order valence-corrected chi connectivity index (χ1v) is 11.9.